The van der Waals surface area contributed by atoms with E-state index in [0.29, 0.717) is 11.3 Å². The molecule has 1 heterocycles. The zero-order valence-electron chi connectivity index (χ0n) is 16.4. The number of amides is 1. The summed E-state index contributed by atoms with van der Waals surface area (Å²) < 4.78 is 5.57. The van der Waals surface area contributed by atoms with Crippen molar-refractivity contribution in [2.75, 3.05) is 5.32 Å². The topological polar surface area (TPSA) is 152 Å². The molecule has 0 aliphatic heterocycles. The van der Waals surface area contributed by atoms with Gasteiger partial charge in [0, 0.05) is 35.0 Å². The molecule has 0 atom stereocenters. The number of halogens is 1. The standard InChI is InChI=1S/C21H13ClN4O6/c1-12-8-15(25(28)29)3-6-18(12)24-21(27)13(11-23)9-16-4-7-20(32-16)17-5-2-14(22)10-19(17)26(30)31/h2-10H,1H3,(H,24,27). The lowest BCUT2D eigenvalue weighted by Crippen LogP contribution is -2.14. The fourth-order valence-electron chi connectivity index (χ4n) is 2.82. The first-order valence-corrected chi connectivity index (χ1v) is 9.29. The lowest BCUT2D eigenvalue weighted by molar-refractivity contribution is -0.384. The molecule has 3 aromatic rings. The summed E-state index contributed by atoms with van der Waals surface area (Å²) in [4.78, 5) is 33.5. The first kappa shape index (κ1) is 22.2. The van der Waals surface area contributed by atoms with E-state index in [4.69, 9.17) is 16.0 Å². The Morgan fingerprint density at radius 1 is 1.12 bits per heavy atom. The first-order chi connectivity index (χ1) is 15.2. The fourth-order valence-corrected chi connectivity index (χ4v) is 2.99. The predicted molar refractivity (Wildman–Crippen MR) is 116 cm³/mol. The van der Waals surface area contributed by atoms with Crippen molar-refractivity contribution < 1.29 is 19.1 Å². The van der Waals surface area contributed by atoms with Gasteiger partial charge in [-0.25, -0.2) is 0 Å². The van der Waals surface area contributed by atoms with Crippen molar-refractivity contribution >= 4 is 40.6 Å². The minimum atomic E-state index is -0.750. The van der Waals surface area contributed by atoms with E-state index in [1.54, 1.807) is 13.0 Å². The van der Waals surface area contributed by atoms with E-state index in [2.05, 4.69) is 5.32 Å². The third-order valence-corrected chi connectivity index (χ3v) is 4.60. The molecule has 0 spiro atoms. The number of rotatable bonds is 6. The molecule has 0 bridgehead atoms. The molecule has 1 amide bonds. The number of furan rings is 1. The Labute approximate surface area is 185 Å². The number of non-ortho nitro benzene ring substituents is 1. The van der Waals surface area contributed by atoms with Crippen molar-refractivity contribution in [2.24, 2.45) is 0 Å². The van der Waals surface area contributed by atoms with E-state index in [9.17, 15) is 30.3 Å². The Hall–Kier alpha value is -4.49. The Morgan fingerprint density at radius 3 is 2.50 bits per heavy atom. The summed E-state index contributed by atoms with van der Waals surface area (Å²) in [6.07, 6.45) is 1.18. The molecule has 1 aromatic heterocycles. The quantitative estimate of drug-likeness (QED) is 0.231. The normalized spacial score (nSPS) is 11.0. The molecule has 0 saturated heterocycles. The number of hydrogen-bond acceptors (Lipinski definition) is 7. The number of anilines is 1. The summed E-state index contributed by atoms with van der Waals surface area (Å²) in [7, 11) is 0. The van der Waals surface area contributed by atoms with Crippen molar-refractivity contribution in [3.8, 4) is 17.4 Å². The van der Waals surface area contributed by atoms with Crippen molar-refractivity contribution in [2.45, 2.75) is 6.92 Å². The minimum absolute atomic E-state index is 0.122. The average molecular weight is 453 g/mol. The second kappa shape index (κ2) is 9.11. The molecule has 1 N–H and O–H groups in total. The third-order valence-electron chi connectivity index (χ3n) is 4.37. The molecule has 0 radical (unpaired) electrons. The number of nitrogens with zero attached hydrogens (tertiary/aromatic N) is 3. The first-order valence-electron chi connectivity index (χ1n) is 8.92. The highest BCUT2D eigenvalue weighted by molar-refractivity contribution is 6.30. The highest BCUT2D eigenvalue weighted by Crippen LogP contribution is 2.33. The maximum Gasteiger partial charge on any atom is 0.281 e. The molecule has 11 heteroatoms. The molecule has 0 fully saturated rings. The van der Waals surface area contributed by atoms with Crippen LogP contribution in [0.15, 0.2) is 58.5 Å². The average Bonchev–Trinajstić information content (AvgIpc) is 3.21. The van der Waals surface area contributed by atoms with Gasteiger partial charge in [0.05, 0.1) is 15.4 Å². The van der Waals surface area contributed by atoms with Gasteiger partial charge in [0.25, 0.3) is 17.3 Å². The van der Waals surface area contributed by atoms with Gasteiger partial charge in [0.2, 0.25) is 0 Å². The van der Waals surface area contributed by atoms with Crippen LogP contribution in [-0.2, 0) is 4.79 Å². The van der Waals surface area contributed by atoms with E-state index >= 15 is 0 Å². The van der Waals surface area contributed by atoms with Gasteiger partial charge in [-0.3, -0.25) is 25.0 Å². The minimum Gasteiger partial charge on any atom is -0.456 e. The van der Waals surface area contributed by atoms with Crippen LogP contribution in [0.5, 0.6) is 0 Å². The van der Waals surface area contributed by atoms with Crippen LogP contribution in [0.1, 0.15) is 11.3 Å². The van der Waals surface area contributed by atoms with Gasteiger partial charge < -0.3 is 9.73 Å². The highest BCUT2D eigenvalue weighted by atomic mass is 35.5. The van der Waals surface area contributed by atoms with Gasteiger partial charge in [0.15, 0.2) is 0 Å². The van der Waals surface area contributed by atoms with Gasteiger partial charge in [-0.15, -0.1) is 0 Å². The highest BCUT2D eigenvalue weighted by Gasteiger charge is 2.19. The summed E-state index contributed by atoms with van der Waals surface area (Å²) >= 11 is 5.82. The Morgan fingerprint density at radius 2 is 1.88 bits per heavy atom. The zero-order chi connectivity index (χ0) is 23.4. The number of benzene rings is 2. The summed E-state index contributed by atoms with van der Waals surface area (Å²) in [6.45, 7) is 1.58. The second-order valence-corrected chi connectivity index (χ2v) is 6.94. The molecule has 160 valence electrons. The Kier molecular flexibility index (Phi) is 6.32. The van der Waals surface area contributed by atoms with Crippen molar-refractivity contribution in [3.05, 3.63) is 90.7 Å². The number of nitro benzene ring substituents is 2. The number of carbonyl (C=O) groups is 1. The summed E-state index contributed by atoms with van der Waals surface area (Å²) in [5.74, 6) is -0.472. The molecule has 0 aliphatic carbocycles. The van der Waals surface area contributed by atoms with E-state index < -0.39 is 15.8 Å². The molecule has 0 saturated carbocycles. The van der Waals surface area contributed by atoms with Crippen molar-refractivity contribution in [1.82, 2.24) is 0 Å². The van der Waals surface area contributed by atoms with Crippen molar-refractivity contribution in [3.63, 3.8) is 0 Å². The monoisotopic (exact) mass is 452 g/mol. The van der Waals surface area contributed by atoms with Crippen LogP contribution in [0, 0.1) is 38.5 Å². The van der Waals surface area contributed by atoms with Crippen LogP contribution in [0.3, 0.4) is 0 Å². The maximum atomic E-state index is 12.5. The molecule has 2 aromatic carbocycles. The number of hydrogen-bond donors (Lipinski definition) is 1. The molecule has 0 aliphatic rings. The van der Waals surface area contributed by atoms with E-state index in [-0.39, 0.29) is 39.1 Å². The second-order valence-electron chi connectivity index (χ2n) is 6.50. The van der Waals surface area contributed by atoms with Gasteiger partial charge in [-0.2, -0.15) is 5.26 Å². The summed E-state index contributed by atoms with van der Waals surface area (Å²) in [5, 5.41) is 34.2. The molecule has 10 nitrogen and oxygen atoms in total. The van der Waals surface area contributed by atoms with E-state index in [1.807, 2.05) is 0 Å². The SMILES string of the molecule is Cc1cc([N+](=O)[O-])ccc1NC(=O)C(C#N)=Cc1ccc(-c2ccc(Cl)cc2[N+](=O)[O-])o1. The third kappa shape index (κ3) is 4.80. The predicted octanol–water partition coefficient (Wildman–Crippen LogP) is 5.27. The Bertz CT molecular complexity index is 1320. The van der Waals surface area contributed by atoms with Gasteiger partial charge in [-0.1, -0.05) is 11.6 Å². The largest absolute Gasteiger partial charge is 0.456 e. The van der Waals surface area contributed by atoms with Gasteiger partial charge in [-0.05, 0) is 42.8 Å². The molecule has 32 heavy (non-hydrogen) atoms. The summed E-state index contributed by atoms with van der Waals surface area (Å²) in [5.41, 5.74) is 0.252. The lowest BCUT2D eigenvalue weighted by Gasteiger charge is -2.07. The van der Waals surface area contributed by atoms with Crippen LogP contribution in [0.4, 0.5) is 17.1 Å². The molecular formula is C21H13ClN4O6. The lowest BCUT2D eigenvalue weighted by atomic mass is 10.1. The Balaban J connectivity index is 1.86. The summed E-state index contributed by atoms with van der Waals surface area (Å²) in [6, 6.07) is 12.7. The number of nitrogens with one attached hydrogen (secondary N) is 1. The van der Waals surface area contributed by atoms with Crippen LogP contribution in [-0.4, -0.2) is 15.8 Å². The molecule has 0 unspecified atom stereocenters. The van der Waals surface area contributed by atoms with E-state index in [0.717, 1.165) is 0 Å². The number of carbonyl (C=O) groups excluding carboxylic acids is 1. The molecule has 3 rings (SSSR count). The molecular weight excluding hydrogens is 440 g/mol. The van der Waals surface area contributed by atoms with Crippen LogP contribution < -0.4 is 5.32 Å². The fraction of sp³-hybridized carbons (Fsp3) is 0.0476. The maximum absolute atomic E-state index is 12.5. The van der Waals surface area contributed by atoms with E-state index in [1.165, 1.54) is 54.6 Å². The van der Waals surface area contributed by atoms with Gasteiger partial charge in [0.1, 0.15) is 23.2 Å². The van der Waals surface area contributed by atoms with Crippen LogP contribution >= 0.6 is 11.6 Å². The number of aryl methyl sites for hydroxylation is 1. The smallest absolute Gasteiger partial charge is 0.281 e. The zero-order valence-corrected chi connectivity index (χ0v) is 17.1. The van der Waals surface area contributed by atoms with Crippen LogP contribution in [0.25, 0.3) is 17.4 Å². The number of nitro groups is 2. The van der Waals surface area contributed by atoms with Crippen LogP contribution in [0.2, 0.25) is 5.02 Å². The van der Waals surface area contributed by atoms with Crippen molar-refractivity contribution in [1.29, 1.82) is 5.26 Å². The van der Waals surface area contributed by atoms with Gasteiger partial charge >= 0.3 is 0 Å². The number of nitriles is 1.